The molecule has 0 saturated carbocycles. The summed E-state index contributed by atoms with van der Waals surface area (Å²) >= 11 is 2.74. The summed E-state index contributed by atoms with van der Waals surface area (Å²) in [5, 5.41) is 8.95. The maximum Gasteiger partial charge on any atom is 0.227 e. The number of rotatable bonds is 4. The fraction of sp³-hybridized carbons (Fsp3) is 0.600. The monoisotopic (exact) mass is 301 g/mol. The predicted molar refractivity (Wildman–Crippen MR) is 74.3 cm³/mol. The molecule has 1 aromatic rings. The maximum atomic E-state index is 11.2. The van der Waals surface area contributed by atoms with Crippen LogP contribution < -0.4 is 10.6 Å². The summed E-state index contributed by atoms with van der Waals surface area (Å²) in [6.07, 6.45) is 0. The fourth-order valence-electron chi connectivity index (χ4n) is 1.73. The van der Waals surface area contributed by atoms with E-state index in [9.17, 15) is 9.59 Å². The average Bonchev–Trinajstić information content (AvgIpc) is 2.85. The van der Waals surface area contributed by atoms with Gasteiger partial charge in [-0.25, -0.2) is 0 Å². The number of hydrogen-bond donors (Lipinski definition) is 1. The number of nitrogens with two attached hydrogens (primary N) is 1. The molecule has 1 aliphatic rings. The van der Waals surface area contributed by atoms with Crippen LogP contribution in [-0.2, 0) is 9.59 Å². The molecule has 9 heteroatoms. The van der Waals surface area contributed by atoms with Crippen molar-refractivity contribution < 1.29 is 9.59 Å². The molecule has 2 N–H and O–H groups in total. The van der Waals surface area contributed by atoms with Crippen LogP contribution in [0.3, 0.4) is 0 Å². The van der Waals surface area contributed by atoms with Gasteiger partial charge in [-0.2, -0.15) is 0 Å². The van der Waals surface area contributed by atoms with Crippen molar-refractivity contribution in [2.75, 3.05) is 36.8 Å². The number of primary amides is 1. The minimum absolute atomic E-state index is 0.106. The zero-order valence-electron chi connectivity index (χ0n) is 10.5. The summed E-state index contributed by atoms with van der Waals surface area (Å²) < 4.78 is 0.739. The SMILES string of the molecule is CC(=O)N1CCN(c2nnc(SCC(N)=O)s2)CC1. The van der Waals surface area contributed by atoms with E-state index in [2.05, 4.69) is 15.1 Å². The molecule has 1 aromatic heterocycles. The summed E-state index contributed by atoms with van der Waals surface area (Å²) in [6.45, 7) is 4.51. The van der Waals surface area contributed by atoms with Gasteiger partial charge < -0.3 is 15.5 Å². The van der Waals surface area contributed by atoms with Crippen LogP contribution in [0.4, 0.5) is 5.13 Å². The zero-order valence-corrected chi connectivity index (χ0v) is 12.2. The van der Waals surface area contributed by atoms with Crippen LogP contribution in [0, 0.1) is 0 Å². The molecule has 7 nitrogen and oxygen atoms in total. The van der Waals surface area contributed by atoms with E-state index < -0.39 is 0 Å². The molecule has 0 unspecified atom stereocenters. The van der Waals surface area contributed by atoms with Gasteiger partial charge in [0.15, 0.2) is 4.34 Å². The quantitative estimate of drug-likeness (QED) is 0.773. The number of aromatic nitrogens is 2. The number of hydrogen-bond acceptors (Lipinski definition) is 7. The van der Waals surface area contributed by atoms with Gasteiger partial charge in [0.2, 0.25) is 16.9 Å². The molecular weight excluding hydrogens is 286 g/mol. The fourth-order valence-corrected chi connectivity index (χ4v) is 3.37. The first-order valence-corrected chi connectivity index (χ1v) is 7.61. The highest BCUT2D eigenvalue weighted by molar-refractivity contribution is 8.01. The van der Waals surface area contributed by atoms with E-state index in [1.54, 1.807) is 6.92 Å². The molecule has 0 spiro atoms. The molecule has 1 aliphatic heterocycles. The number of carbonyl (C=O) groups excluding carboxylic acids is 2. The normalized spacial score (nSPS) is 15.6. The molecule has 2 heterocycles. The Morgan fingerprint density at radius 1 is 1.32 bits per heavy atom. The smallest absolute Gasteiger partial charge is 0.227 e. The van der Waals surface area contributed by atoms with Gasteiger partial charge in [-0.3, -0.25) is 9.59 Å². The van der Waals surface area contributed by atoms with Gasteiger partial charge in [-0.1, -0.05) is 23.1 Å². The average molecular weight is 301 g/mol. The van der Waals surface area contributed by atoms with Gasteiger partial charge in [0.1, 0.15) is 0 Å². The van der Waals surface area contributed by atoms with E-state index in [1.807, 2.05) is 4.90 Å². The minimum Gasteiger partial charge on any atom is -0.369 e. The third-order valence-electron chi connectivity index (χ3n) is 2.73. The Kier molecular flexibility index (Phi) is 4.59. The highest BCUT2D eigenvalue weighted by Gasteiger charge is 2.21. The van der Waals surface area contributed by atoms with Gasteiger partial charge in [-0.05, 0) is 0 Å². The first-order valence-electron chi connectivity index (χ1n) is 5.81. The van der Waals surface area contributed by atoms with Crippen molar-refractivity contribution in [1.82, 2.24) is 15.1 Å². The number of nitrogens with zero attached hydrogens (tertiary/aromatic N) is 4. The molecule has 19 heavy (non-hydrogen) atoms. The summed E-state index contributed by atoms with van der Waals surface area (Å²) in [5.74, 6) is -0.0429. The molecule has 104 valence electrons. The lowest BCUT2D eigenvalue weighted by atomic mass is 10.3. The van der Waals surface area contributed by atoms with Crippen LogP contribution in [0.2, 0.25) is 0 Å². The number of anilines is 1. The van der Waals surface area contributed by atoms with E-state index in [4.69, 9.17) is 5.73 Å². The Morgan fingerprint density at radius 3 is 2.58 bits per heavy atom. The summed E-state index contributed by atoms with van der Waals surface area (Å²) in [6, 6.07) is 0. The van der Waals surface area contributed by atoms with Crippen molar-refractivity contribution in [3.8, 4) is 0 Å². The maximum absolute atomic E-state index is 11.2. The summed E-state index contributed by atoms with van der Waals surface area (Å²) in [4.78, 5) is 25.8. The standard InChI is InChI=1S/C10H15N5O2S2/c1-7(16)14-2-4-15(5-3-14)9-12-13-10(19-9)18-6-8(11)17/h2-6H2,1H3,(H2,11,17). The van der Waals surface area contributed by atoms with E-state index >= 15 is 0 Å². The number of piperazine rings is 1. The zero-order chi connectivity index (χ0) is 13.8. The number of carbonyl (C=O) groups is 2. The molecule has 0 aliphatic carbocycles. The lowest BCUT2D eigenvalue weighted by Gasteiger charge is -2.33. The van der Waals surface area contributed by atoms with Crippen molar-refractivity contribution in [1.29, 1.82) is 0 Å². The van der Waals surface area contributed by atoms with Crippen molar-refractivity contribution in [2.24, 2.45) is 5.73 Å². The first-order chi connectivity index (χ1) is 9.06. The Bertz CT molecular complexity index is 470. The molecular formula is C10H15N5O2S2. The molecule has 0 atom stereocenters. The molecule has 2 amide bonds. The van der Waals surface area contributed by atoms with Gasteiger partial charge in [-0.15, -0.1) is 10.2 Å². The van der Waals surface area contributed by atoms with E-state index in [1.165, 1.54) is 23.1 Å². The summed E-state index contributed by atoms with van der Waals surface area (Å²) in [7, 11) is 0. The number of amides is 2. The second-order valence-electron chi connectivity index (χ2n) is 4.10. The predicted octanol–water partition coefficient (Wildman–Crippen LogP) is -0.216. The van der Waals surface area contributed by atoms with Crippen molar-refractivity contribution >= 4 is 40.0 Å². The topological polar surface area (TPSA) is 92.4 Å². The number of thioether (sulfide) groups is 1. The lowest BCUT2D eigenvalue weighted by molar-refractivity contribution is -0.129. The van der Waals surface area contributed by atoms with Crippen LogP contribution in [0.5, 0.6) is 0 Å². The minimum atomic E-state index is -0.364. The first kappa shape index (κ1) is 14.1. The van der Waals surface area contributed by atoms with E-state index in [0.717, 1.165) is 22.6 Å². The molecule has 1 fully saturated rings. The van der Waals surface area contributed by atoms with Crippen LogP contribution >= 0.6 is 23.1 Å². The third kappa shape index (κ3) is 3.80. The van der Waals surface area contributed by atoms with Crippen LogP contribution in [0.15, 0.2) is 4.34 Å². The van der Waals surface area contributed by atoms with E-state index in [-0.39, 0.29) is 17.6 Å². The van der Waals surface area contributed by atoms with Crippen LogP contribution in [-0.4, -0.2) is 58.8 Å². The third-order valence-corrected chi connectivity index (χ3v) is 4.87. The van der Waals surface area contributed by atoms with Gasteiger partial charge in [0.05, 0.1) is 5.75 Å². The van der Waals surface area contributed by atoms with Gasteiger partial charge in [0, 0.05) is 33.1 Å². The molecule has 1 saturated heterocycles. The van der Waals surface area contributed by atoms with Crippen molar-refractivity contribution in [2.45, 2.75) is 11.3 Å². The van der Waals surface area contributed by atoms with E-state index in [0.29, 0.717) is 13.1 Å². The molecule has 0 aromatic carbocycles. The summed E-state index contributed by atoms with van der Waals surface area (Å²) in [5.41, 5.74) is 5.08. The Hall–Kier alpha value is -1.35. The van der Waals surface area contributed by atoms with Gasteiger partial charge >= 0.3 is 0 Å². The highest BCUT2D eigenvalue weighted by Crippen LogP contribution is 2.28. The molecule has 2 rings (SSSR count). The highest BCUT2D eigenvalue weighted by atomic mass is 32.2. The lowest BCUT2D eigenvalue weighted by Crippen LogP contribution is -2.48. The van der Waals surface area contributed by atoms with Crippen LogP contribution in [0.1, 0.15) is 6.92 Å². The van der Waals surface area contributed by atoms with Crippen LogP contribution in [0.25, 0.3) is 0 Å². The Labute approximate surface area is 119 Å². The molecule has 0 bridgehead atoms. The molecule has 0 radical (unpaired) electrons. The van der Waals surface area contributed by atoms with Crippen molar-refractivity contribution in [3.05, 3.63) is 0 Å². The second kappa shape index (κ2) is 6.20. The Balaban J connectivity index is 1.89. The Morgan fingerprint density at radius 2 is 2.00 bits per heavy atom. The second-order valence-corrected chi connectivity index (χ2v) is 6.28. The van der Waals surface area contributed by atoms with Gasteiger partial charge in [0.25, 0.3) is 0 Å². The van der Waals surface area contributed by atoms with Crippen molar-refractivity contribution in [3.63, 3.8) is 0 Å². The largest absolute Gasteiger partial charge is 0.369 e.